The smallest absolute Gasteiger partial charge is 0.164 e. The SMILES string of the molecule is COC(CN1CCN(CCC(=O)c2ccccc2)CC1)c1ccccc1. The van der Waals surface area contributed by atoms with E-state index in [-0.39, 0.29) is 11.9 Å². The summed E-state index contributed by atoms with van der Waals surface area (Å²) >= 11 is 0. The first-order valence-corrected chi connectivity index (χ1v) is 9.37. The van der Waals surface area contributed by atoms with Crippen molar-refractivity contribution in [1.82, 2.24) is 9.80 Å². The Kier molecular flexibility index (Phi) is 6.95. The van der Waals surface area contributed by atoms with Crippen LogP contribution in [0.1, 0.15) is 28.4 Å². The largest absolute Gasteiger partial charge is 0.375 e. The van der Waals surface area contributed by atoms with Crippen LogP contribution in [0.4, 0.5) is 0 Å². The number of ether oxygens (including phenoxy) is 1. The summed E-state index contributed by atoms with van der Waals surface area (Å²) in [6.07, 6.45) is 0.705. The van der Waals surface area contributed by atoms with E-state index >= 15 is 0 Å². The van der Waals surface area contributed by atoms with Gasteiger partial charge in [0.1, 0.15) is 0 Å². The molecule has 2 aromatic rings. The van der Waals surface area contributed by atoms with E-state index < -0.39 is 0 Å². The van der Waals surface area contributed by atoms with Crippen LogP contribution in [0.25, 0.3) is 0 Å². The number of carbonyl (C=O) groups is 1. The third kappa shape index (κ3) is 5.24. The van der Waals surface area contributed by atoms with Gasteiger partial charge in [0, 0.05) is 58.4 Å². The number of carbonyl (C=O) groups excluding carboxylic acids is 1. The van der Waals surface area contributed by atoms with E-state index in [9.17, 15) is 4.79 Å². The van der Waals surface area contributed by atoms with E-state index in [2.05, 4.69) is 34.1 Å². The number of hydrogen-bond acceptors (Lipinski definition) is 4. The van der Waals surface area contributed by atoms with E-state index in [1.165, 1.54) is 5.56 Å². The van der Waals surface area contributed by atoms with Gasteiger partial charge in [-0.25, -0.2) is 0 Å². The van der Waals surface area contributed by atoms with Crippen molar-refractivity contribution >= 4 is 5.78 Å². The second kappa shape index (κ2) is 9.62. The highest BCUT2D eigenvalue weighted by Crippen LogP contribution is 2.18. The predicted molar refractivity (Wildman–Crippen MR) is 104 cm³/mol. The van der Waals surface area contributed by atoms with Crippen LogP contribution in [0.3, 0.4) is 0 Å². The molecule has 4 nitrogen and oxygen atoms in total. The average molecular weight is 352 g/mol. The first kappa shape index (κ1) is 18.8. The second-order valence-electron chi connectivity index (χ2n) is 6.82. The Morgan fingerprint density at radius 2 is 1.50 bits per heavy atom. The van der Waals surface area contributed by atoms with E-state index in [0.717, 1.165) is 44.8 Å². The summed E-state index contributed by atoms with van der Waals surface area (Å²) < 4.78 is 5.69. The number of Topliss-reactive ketones (excluding diaryl/α,β-unsaturated/α-hetero) is 1. The number of piperazine rings is 1. The van der Waals surface area contributed by atoms with Gasteiger partial charge in [0.2, 0.25) is 0 Å². The molecule has 0 aliphatic carbocycles. The summed E-state index contributed by atoms with van der Waals surface area (Å²) in [7, 11) is 1.78. The molecule has 3 rings (SSSR count). The van der Waals surface area contributed by atoms with E-state index in [0.29, 0.717) is 6.42 Å². The molecule has 1 heterocycles. The van der Waals surface area contributed by atoms with Crippen molar-refractivity contribution in [2.45, 2.75) is 12.5 Å². The molecule has 0 radical (unpaired) electrons. The number of ketones is 1. The first-order valence-electron chi connectivity index (χ1n) is 9.37. The van der Waals surface area contributed by atoms with Crippen LogP contribution < -0.4 is 0 Å². The van der Waals surface area contributed by atoms with Gasteiger partial charge < -0.3 is 9.64 Å². The van der Waals surface area contributed by atoms with Gasteiger partial charge in [-0.05, 0) is 5.56 Å². The van der Waals surface area contributed by atoms with Gasteiger partial charge >= 0.3 is 0 Å². The molecule has 1 unspecified atom stereocenters. The van der Waals surface area contributed by atoms with Gasteiger partial charge in [-0.1, -0.05) is 60.7 Å². The quantitative estimate of drug-likeness (QED) is 0.683. The molecule has 1 aliphatic rings. The number of nitrogens with zero attached hydrogens (tertiary/aromatic N) is 2. The molecule has 0 bridgehead atoms. The molecule has 0 saturated carbocycles. The monoisotopic (exact) mass is 352 g/mol. The van der Waals surface area contributed by atoms with Crippen molar-refractivity contribution < 1.29 is 9.53 Å². The molecule has 1 fully saturated rings. The Balaban J connectivity index is 1.42. The summed E-state index contributed by atoms with van der Waals surface area (Å²) in [5.74, 6) is 0.233. The molecular weight excluding hydrogens is 324 g/mol. The number of rotatable bonds is 8. The molecule has 0 N–H and O–H groups in total. The number of hydrogen-bond donors (Lipinski definition) is 0. The van der Waals surface area contributed by atoms with Crippen LogP contribution in [0.15, 0.2) is 60.7 Å². The Morgan fingerprint density at radius 1 is 0.923 bits per heavy atom. The van der Waals surface area contributed by atoms with Gasteiger partial charge in [-0.3, -0.25) is 9.69 Å². The van der Waals surface area contributed by atoms with E-state index in [1.54, 1.807) is 7.11 Å². The van der Waals surface area contributed by atoms with Crippen molar-refractivity contribution in [2.24, 2.45) is 0 Å². The molecule has 1 saturated heterocycles. The third-order valence-corrected chi connectivity index (χ3v) is 5.10. The third-order valence-electron chi connectivity index (χ3n) is 5.10. The van der Waals surface area contributed by atoms with Crippen molar-refractivity contribution in [3.05, 3.63) is 71.8 Å². The van der Waals surface area contributed by atoms with Crippen LogP contribution in [-0.4, -0.2) is 62.0 Å². The topological polar surface area (TPSA) is 32.8 Å². The summed E-state index contributed by atoms with van der Waals surface area (Å²) in [6.45, 7) is 5.81. The van der Waals surface area contributed by atoms with Crippen molar-refractivity contribution in [1.29, 1.82) is 0 Å². The highest BCUT2D eigenvalue weighted by atomic mass is 16.5. The van der Waals surface area contributed by atoms with E-state index in [4.69, 9.17) is 4.74 Å². The standard InChI is InChI=1S/C22H28N2O2/c1-26-22(20-10-6-3-7-11-20)18-24-16-14-23(15-17-24)13-12-21(25)19-8-4-2-5-9-19/h2-11,22H,12-18H2,1H3. The normalized spacial score (nSPS) is 17.1. The lowest BCUT2D eigenvalue weighted by Gasteiger charge is -2.36. The van der Waals surface area contributed by atoms with Crippen molar-refractivity contribution in [3.63, 3.8) is 0 Å². The summed E-state index contributed by atoms with van der Waals surface area (Å²) in [6, 6.07) is 20.0. The molecule has 0 aromatic heterocycles. The number of benzene rings is 2. The van der Waals surface area contributed by atoms with Crippen LogP contribution >= 0.6 is 0 Å². The maximum Gasteiger partial charge on any atom is 0.164 e. The van der Waals surface area contributed by atoms with Gasteiger partial charge in [0.05, 0.1) is 6.10 Å². The maximum atomic E-state index is 12.2. The molecule has 4 heteroatoms. The Morgan fingerprint density at radius 3 is 2.12 bits per heavy atom. The fourth-order valence-electron chi connectivity index (χ4n) is 3.44. The zero-order valence-corrected chi connectivity index (χ0v) is 15.5. The molecular formula is C22H28N2O2. The minimum absolute atomic E-state index is 0.113. The molecule has 0 spiro atoms. The molecule has 26 heavy (non-hydrogen) atoms. The Bertz CT molecular complexity index is 667. The molecule has 1 aliphatic heterocycles. The van der Waals surface area contributed by atoms with Crippen LogP contribution in [0.2, 0.25) is 0 Å². The molecule has 1 atom stereocenters. The van der Waals surface area contributed by atoms with Crippen molar-refractivity contribution in [2.75, 3.05) is 46.4 Å². The lowest BCUT2D eigenvalue weighted by Crippen LogP contribution is -2.48. The highest BCUT2D eigenvalue weighted by Gasteiger charge is 2.21. The Labute approximate surface area is 156 Å². The highest BCUT2D eigenvalue weighted by molar-refractivity contribution is 5.96. The lowest BCUT2D eigenvalue weighted by atomic mass is 10.1. The first-order chi connectivity index (χ1) is 12.8. The van der Waals surface area contributed by atoms with Crippen LogP contribution in [0, 0.1) is 0 Å². The molecule has 2 aromatic carbocycles. The Hall–Kier alpha value is -2.01. The van der Waals surface area contributed by atoms with Gasteiger partial charge in [-0.2, -0.15) is 0 Å². The minimum Gasteiger partial charge on any atom is -0.375 e. The minimum atomic E-state index is 0.113. The molecule has 138 valence electrons. The molecule has 0 amide bonds. The summed E-state index contributed by atoms with van der Waals surface area (Å²) in [5.41, 5.74) is 2.04. The van der Waals surface area contributed by atoms with E-state index in [1.807, 2.05) is 36.4 Å². The van der Waals surface area contributed by atoms with Crippen LogP contribution in [0.5, 0.6) is 0 Å². The fourth-order valence-corrected chi connectivity index (χ4v) is 3.44. The summed E-state index contributed by atoms with van der Waals surface area (Å²) in [5, 5.41) is 0. The zero-order chi connectivity index (χ0) is 18.2. The van der Waals surface area contributed by atoms with Crippen LogP contribution in [-0.2, 0) is 4.74 Å². The maximum absolute atomic E-state index is 12.2. The predicted octanol–water partition coefficient (Wildman–Crippen LogP) is 3.26. The summed E-state index contributed by atoms with van der Waals surface area (Å²) in [4.78, 5) is 17.1. The zero-order valence-electron chi connectivity index (χ0n) is 15.5. The van der Waals surface area contributed by atoms with Crippen molar-refractivity contribution in [3.8, 4) is 0 Å². The second-order valence-corrected chi connectivity index (χ2v) is 6.82. The van der Waals surface area contributed by atoms with Gasteiger partial charge in [0.25, 0.3) is 0 Å². The average Bonchev–Trinajstić information content (AvgIpc) is 2.72. The number of methoxy groups -OCH3 is 1. The van der Waals surface area contributed by atoms with Gasteiger partial charge in [0.15, 0.2) is 5.78 Å². The van der Waals surface area contributed by atoms with Gasteiger partial charge in [-0.15, -0.1) is 0 Å². The fraction of sp³-hybridized carbons (Fsp3) is 0.409. The lowest BCUT2D eigenvalue weighted by molar-refractivity contribution is 0.0416.